The van der Waals surface area contributed by atoms with Gasteiger partial charge in [0.15, 0.2) is 0 Å². The molecule has 1 fully saturated rings. The molecule has 0 spiro atoms. The maximum atomic E-state index is 11.4. The Labute approximate surface area is 106 Å². The van der Waals surface area contributed by atoms with Gasteiger partial charge in [-0.3, -0.25) is 4.79 Å². The predicted octanol–water partition coefficient (Wildman–Crippen LogP) is 3.95. The number of carbonyl (C=O) groups excluding carboxylic acids is 1. The molecule has 0 aromatic heterocycles. The summed E-state index contributed by atoms with van der Waals surface area (Å²) >= 11 is 0. The van der Waals surface area contributed by atoms with Crippen molar-refractivity contribution >= 4 is 12.0 Å². The number of amides is 1. The SMILES string of the molecule is CCC(=Cc1ccccc1)C1CC1C(=O)N=[N+]=[N-]. The van der Waals surface area contributed by atoms with Gasteiger partial charge < -0.3 is 0 Å². The molecule has 18 heavy (non-hydrogen) atoms. The lowest BCUT2D eigenvalue weighted by molar-refractivity contribution is -0.119. The van der Waals surface area contributed by atoms with Crippen molar-refractivity contribution in [3.63, 3.8) is 0 Å². The van der Waals surface area contributed by atoms with Crippen LogP contribution in [-0.2, 0) is 4.79 Å². The molecule has 1 amide bonds. The first-order valence-electron chi connectivity index (χ1n) is 6.10. The highest BCUT2D eigenvalue weighted by Crippen LogP contribution is 2.46. The Balaban J connectivity index is 2.10. The van der Waals surface area contributed by atoms with Crippen LogP contribution in [-0.4, -0.2) is 5.91 Å². The monoisotopic (exact) mass is 241 g/mol. The molecule has 1 aliphatic carbocycles. The minimum atomic E-state index is -0.324. The minimum Gasteiger partial charge on any atom is -0.292 e. The van der Waals surface area contributed by atoms with E-state index in [1.807, 2.05) is 30.3 Å². The van der Waals surface area contributed by atoms with Crippen LogP contribution in [0.2, 0.25) is 0 Å². The van der Waals surface area contributed by atoms with Gasteiger partial charge in [0.25, 0.3) is 0 Å². The van der Waals surface area contributed by atoms with E-state index in [4.69, 9.17) is 5.53 Å². The zero-order chi connectivity index (χ0) is 13.0. The largest absolute Gasteiger partial charge is 0.292 e. The molecule has 2 rings (SSSR count). The second-order valence-electron chi connectivity index (χ2n) is 4.46. The molecule has 4 heteroatoms. The van der Waals surface area contributed by atoms with Crippen LogP contribution in [0.25, 0.3) is 16.5 Å². The number of allylic oxidation sites excluding steroid dienone is 1. The fraction of sp³-hybridized carbons (Fsp3) is 0.357. The first kappa shape index (κ1) is 12.4. The molecule has 0 saturated heterocycles. The number of nitrogens with zero attached hydrogens (tertiary/aromatic N) is 3. The van der Waals surface area contributed by atoms with E-state index in [1.54, 1.807) is 0 Å². The average molecular weight is 241 g/mol. The Morgan fingerprint density at radius 1 is 1.44 bits per heavy atom. The normalized spacial score (nSPS) is 22.2. The van der Waals surface area contributed by atoms with Crippen LogP contribution in [0, 0.1) is 11.8 Å². The molecule has 0 bridgehead atoms. The molecule has 2 atom stereocenters. The molecule has 1 aromatic carbocycles. The second kappa shape index (κ2) is 5.52. The highest BCUT2D eigenvalue weighted by Gasteiger charge is 2.43. The van der Waals surface area contributed by atoms with Gasteiger partial charge in [-0.1, -0.05) is 48.9 Å². The fourth-order valence-corrected chi connectivity index (χ4v) is 2.23. The number of hydrogen-bond acceptors (Lipinski definition) is 1. The molecule has 1 aliphatic rings. The summed E-state index contributed by atoms with van der Waals surface area (Å²) in [6.45, 7) is 2.09. The van der Waals surface area contributed by atoms with E-state index in [1.165, 1.54) is 5.57 Å². The summed E-state index contributed by atoms with van der Waals surface area (Å²) in [7, 11) is 0. The molecule has 0 N–H and O–H groups in total. The Kier molecular flexibility index (Phi) is 3.80. The van der Waals surface area contributed by atoms with Crippen LogP contribution in [0.3, 0.4) is 0 Å². The highest BCUT2D eigenvalue weighted by atomic mass is 16.2. The van der Waals surface area contributed by atoms with Crippen molar-refractivity contribution in [2.75, 3.05) is 0 Å². The van der Waals surface area contributed by atoms with E-state index >= 15 is 0 Å². The molecule has 0 heterocycles. The first-order chi connectivity index (χ1) is 8.76. The smallest absolute Gasteiger partial charge is 0.222 e. The third kappa shape index (κ3) is 2.79. The average Bonchev–Trinajstić information content (AvgIpc) is 3.18. The first-order valence-corrected chi connectivity index (χ1v) is 6.10. The van der Waals surface area contributed by atoms with Crippen LogP contribution >= 0.6 is 0 Å². The summed E-state index contributed by atoms with van der Waals surface area (Å²) in [5.41, 5.74) is 10.7. The predicted molar refractivity (Wildman–Crippen MR) is 70.5 cm³/mol. The summed E-state index contributed by atoms with van der Waals surface area (Å²) in [4.78, 5) is 14.0. The van der Waals surface area contributed by atoms with Crippen molar-refractivity contribution < 1.29 is 4.79 Å². The fourth-order valence-electron chi connectivity index (χ4n) is 2.23. The van der Waals surface area contributed by atoms with Gasteiger partial charge in [-0.05, 0) is 35.0 Å². The van der Waals surface area contributed by atoms with Crippen molar-refractivity contribution in [1.82, 2.24) is 0 Å². The third-order valence-electron chi connectivity index (χ3n) is 3.29. The Bertz CT molecular complexity index is 515. The molecular weight excluding hydrogens is 226 g/mol. The molecule has 1 saturated carbocycles. The summed E-state index contributed by atoms with van der Waals surface area (Å²) in [5.74, 6) is -0.168. The van der Waals surface area contributed by atoms with Crippen molar-refractivity contribution in [3.05, 3.63) is 51.9 Å². The number of benzene rings is 1. The van der Waals surface area contributed by atoms with Gasteiger partial charge in [-0.15, -0.1) is 0 Å². The van der Waals surface area contributed by atoms with Crippen LogP contribution in [0.5, 0.6) is 0 Å². The molecule has 4 nitrogen and oxygen atoms in total. The van der Waals surface area contributed by atoms with Gasteiger partial charge >= 0.3 is 0 Å². The molecule has 92 valence electrons. The summed E-state index contributed by atoms with van der Waals surface area (Å²) < 4.78 is 0. The van der Waals surface area contributed by atoms with Gasteiger partial charge in [0, 0.05) is 10.8 Å². The van der Waals surface area contributed by atoms with Crippen molar-refractivity contribution in [2.45, 2.75) is 19.8 Å². The summed E-state index contributed by atoms with van der Waals surface area (Å²) in [5, 5.41) is 3.17. The van der Waals surface area contributed by atoms with E-state index in [-0.39, 0.29) is 17.7 Å². The lowest BCUT2D eigenvalue weighted by atomic mass is 10.0. The molecule has 0 radical (unpaired) electrons. The van der Waals surface area contributed by atoms with Crippen molar-refractivity contribution in [1.29, 1.82) is 0 Å². The Morgan fingerprint density at radius 3 is 2.78 bits per heavy atom. The van der Waals surface area contributed by atoms with Gasteiger partial charge in [-0.2, -0.15) is 0 Å². The maximum Gasteiger partial charge on any atom is 0.222 e. The van der Waals surface area contributed by atoms with E-state index in [0.717, 1.165) is 18.4 Å². The van der Waals surface area contributed by atoms with Gasteiger partial charge in [0.2, 0.25) is 5.91 Å². The second-order valence-corrected chi connectivity index (χ2v) is 4.46. The van der Waals surface area contributed by atoms with E-state index in [9.17, 15) is 4.79 Å². The number of hydrogen-bond donors (Lipinski definition) is 0. The zero-order valence-corrected chi connectivity index (χ0v) is 10.3. The van der Waals surface area contributed by atoms with Crippen LogP contribution in [0.4, 0.5) is 0 Å². The standard InChI is InChI=1S/C14H15N3O/c1-2-11(8-10-6-4-3-5-7-10)12-9-13(12)14(18)16-17-15/h3-8,12-13H,2,9H2,1H3. The van der Waals surface area contributed by atoms with E-state index in [2.05, 4.69) is 23.0 Å². The van der Waals surface area contributed by atoms with Gasteiger partial charge in [0.1, 0.15) is 0 Å². The topological polar surface area (TPSA) is 65.8 Å². The van der Waals surface area contributed by atoms with Crippen LogP contribution in [0.1, 0.15) is 25.3 Å². The van der Waals surface area contributed by atoms with E-state index in [0.29, 0.717) is 0 Å². The molecule has 1 aromatic rings. The van der Waals surface area contributed by atoms with Gasteiger partial charge in [0.05, 0.1) is 0 Å². The number of rotatable bonds is 4. The number of azide groups is 1. The minimum absolute atomic E-state index is 0.101. The van der Waals surface area contributed by atoms with Gasteiger partial charge in [-0.25, -0.2) is 0 Å². The maximum absolute atomic E-state index is 11.4. The number of carbonyl (C=O) groups is 1. The molecular formula is C14H15N3O. The van der Waals surface area contributed by atoms with Crippen LogP contribution < -0.4 is 0 Å². The highest BCUT2D eigenvalue weighted by molar-refractivity contribution is 5.83. The van der Waals surface area contributed by atoms with Crippen LogP contribution in [0.15, 0.2) is 41.0 Å². The van der Waals surface area contributed by atoms with Crippen molar-refractivity contribution in [3.8, 4) is 0 Å². The van der Waals surface area contributed by atoms with E-state index < -0.39 is 0 Å². The quantitative estimate of drug-likeness (QED) is 0.447. The zero-order valence-electron chi connectivity index (χ0n) is 10.3. The van der Waals surface area contributed by atoms with Crippen molar-refractivity contribution in [2.24, 2.45) is 17.0 Å². The lowest BCUT2D eigenvalue weighted by Crippen LogP contribution is -1.98. The third-order valence-corrected chi connectivity index (χ3v) is 3.29. The summed E-state index contributed by atoms with van der Waals surface area (Å²) in [6.07, 6.45) is 3.86. The summed E-state index contributed by atoms with van der Waals surface area (Å²) in [6, 6.07) is 10.1. The lowest BCUT2D eigenvalue weighted by Gasteiger charge is -2.03. The Hall–Kier alpha value is -2.06. The molecule has 0 aliphatic heterocycles. The molecule has 2 unspecified atom stereocenters. The Morgan fingerprint density at radius 2 is 2.17 bits per heavy atom.